The quantitative estimate of drug-likeness (QED) is 0.827. The summed E-state index contributed by atoms with van der Waals surface area (Å²) in [7, 11) is 3.80. The molecule has 0 saturated carbocycles. The number of rotatable bonds is 6. The van der Waals surface area contributed by atoms with Crippen molar-refractivity contribution >= 4 is 23.3 Å². The highest BCUT2D eigenvalue weighted by Crippen LogP contribution is 2.18. The number of benzene rings is 1. The lowest BCUT2D eigenvalue weighted by Crippen LogP contribution is -2.33. The van der Waals surface area contributed by atoms with Gasteiger partial charge in [-0.25, -0.2) is 9.37 Å². The van der Waals surface area contributed by atoms with Crippen LogP contribution in [0.5, 0.6) is 0 Å². The SMILES string of the molecule is Cc1nc(/C=C/C(=O)NCC(c2cccc(F)c2)N(C)C)cs1. The molecule has 0 radical (unpaired) electrons. The van der Waals surface area contributed by atoms with E-state index in [-0.39, 0.29) is 17.8 Å². The van der Waals surface area contributed by atoms with E-state index >= 15 is 0 Å². The standard InChI is InChI=1S/C17H20FN3OS/c1-12-20-15(11-23-12)7-8-17(22)19-10-16(21(2)3)13-5-4-6-14(18)9-13/h4-9,11,16H,10H2,1-3H3,(H,19,22)/b8-7+. The van der Waals surface area contributed by atoms with Crippen molar-refractivity contribution in [2.75, 3.05) is 20.6 Å². The summed E-state index contributed by atoms with van der Waals surface area (Å²) >= 11 is 1.54. The van der Waals surface area contributed by atoms with Crippen LogP contribution in [-0.4, -0.2) is 36.4 Å². The predicted octanol–water partition coefficient (Wildman–Crippen LogP) is 3.02. The van der Waals surface area contributed by atoms with Gasteiger partial charge in [-0.2, -0.15) is 0 Å². The smallest absolute Gasteiger partial charge is 0.244 e. The van der Waals surface area contributed by atoms with E-state index in [0.29, 0.717) is 6.54 Å². The Labute approximate surface area is 139 Å². The zero-order valence-electron chi connectivity index (χ0n) is 13.4. The number of amides is 1. The van der Waals surface area contributed by atoms with Gasteiger partial charge in [-0.1, -0.05) is 12.1 Å². The minimum Gasteiger partial charge on any atom is -0.351 e. The van der Waals surface area contributed by atoms with Gasteiger partial charge >= 0.3 is 0 Å². The minimum atomic E-state index is -0.278. The van der Waals surface area contributed by atoms with Crippen molar-refractivity contribution in [3.8, 4) is 0 Å². The highest BCUT2D eigenvalue weighted by molar-refractivity contribution is 7.09. The Balaban J connectivity index is 1.96. The van der Waals surface area contributed by atoms with Gasteiger partial charge in [0.25, 0.3) is 0 Å². The predicted molar refractivity (Wildman–Crippen MR) is 91.7 cm³/mol. The first-order chi connectivity index (χ1) is 11.0. The molecule has 6 heteroatoms. The molecule has 2 aromatic rings. The van der Waals surface area contributed by atoms with Gasteiger partial charge in [0.2, 0.25) is 5.91 Å². The first-order valence-corrected chi connectivity index (χ1v) is 8.13. The van der Waals surface area contributed by atoms with Crippen LogP contribution in [0.2, 0.25) is 0 Å². The molecule has 1 unspecified atom stereocenters. The molecular formula is C17H20FN3OS. The average Bonchev–Trinajstić information content (AvgIpc) is 2.91. The van der Waals surface area contributed by atoms with Crippen LogP contribution >= 0.6 is 11.3 Å². The van der Waals surface area contributed by atoms with E-state index in [1.165, 1.54) is 18.2 Å². The van der Waals surface area contributed by atoms with Crippen molar-refractivity contribution in [3.05, 3.63) is 57.8 Å². The van der Waals surface area contributed by atoms with Crippen LogP contribution in [0.15, 0.2) is 35.7 Å². The number of carbonyl (C=O) groups excluding carboxylic acids is 1. The second-order valence-corrected chi connectivity index (χ2v) is 6.47. The van der Waals surface area contributed by atoms with Crippen LogP contribution in [-0.2, 0) is 4.79 Å². The van der Waals surface area contributed by atoms with E-state index < -0.39 is 0 Å². The molecule has 1 heterocycles. The van der Waals surface area contributed by atoms with Gasteiger partial charge in [-0.3, -0.25) is 4.79 Å². The van der Waals surface area contributed by atoms with E-state index in [0.717, 1.165) is 16.3 Å². The number of nitrogens with one attached hydrogen (secondary N) is 1. The van der Waals surface area contributed by atoms with Gasteiger partial charge in [-0.05, 0) is 44.8 Å². The van der Waals surface area contributed by atoms with Crippen LogP contribution in [0.1, 0.15) is 22.3 Å². The van der Waals surface area contributed by atoms with Crippen molar-refractivity contribution in [2.24, 2.45) is 0 Å². The Bertz CT molecular complexity index is 697. The number of thiazole rings is 1. The molecule has 1 N–H and O–H groups in total. The van der Waals surface area contributed by atoms with E-state index in [1.54, 1.807) is 23.5 Å². The fraction of sp³-hybridized carbons (Fsp3) is 0.294. The molecule has 1 aromatic heterocycles. The molecule has 0 spiro atoms. The summed E-state index contributed by atoms with van der Waals surface area (Å²) in [5.41, 5.74) is 1.60. The molecule has 0 aliphatic carbocycles. The third-order valence-electron chi connectivity index (χ3n) is 3.37. The normalized spacial score (nSPS) is 12.7. The van der Waals surface area contributed by atoms with Crippen LogP contribution in [0.25, 0.3) is 6.08 Å². The zero-order valence-corrected chi connectivity index (χ0v) is 14.2. The summed E-state index contributed by atoms with van der Waals surface area (Å²) in [6.45, 7) is 2.32. The van der Waals surface area contributed by atoms with Crippen molar-refractivity contribution < 1.29 is 9.18 Å². The molecule has 0 bridgehead atoms. The van der Waals surface area contributed by atoms with Crippen LogP contribution < -0.4 is 5.32 Å². The van der Waals surface area contributed by atoms with Gasteiger partial charge in [0.05, 0.1) is 16.7 Å². The molecule has 4 nitrogen and oxygen atoms in total. The summed E-state index contributed by atoms with van der Waals surface area (Å²) in [6, 6.07) is 6.34. The first-order valence-electron chi connectivity index (χ1n) is 7.25. The fourth-order valence-corrected chi connectivity index (χ4v) is 2.77. The minimum absolute atomic E-state index is 0.0930. The molecule has 0 saturated heterocycles. The lowest BCUT2D eigenvalue weighted by molar-refractivity contribution is -0.116. The second-order valence-electron chi connectivity index (χ2n) is 5.40. The lowest BCUT2D eigenvalue weighted by Gasteiger charge is -2.24. The van der Waals surface area contributed by atoms with Gasteiger partial charge < -0.3 is 10.2 Å². The van der Waals surface area contributed by atoms with Crippen molar-refractivity contribution in [3.63, 3.8) is 0 Å². The second kappa shape index (κ2) is 7.99. The number of hydrogen-bond acceptors (Lipinski definition) is 4. The fourth-order valence-electron chi connectivity index (χ4n) is 2.19. The number of likely N-dealkylation sites (N-methyl/N-ethyl adjacent to an activating group) is 1. The van der Waals surface area contributed by atoms with Crippen LogP contribution in [0.4, 0.5) is 4.39 Å². The van der Waals surface area contributed by atoms with Crippen LogP contribution in [0.3, 0.4) is 0 Å². The zero-order chi connectivity index (χ0) is 16.8. The van der Waals surface area contributed by atoms with Gasteiger partial charge in [0, 0.05) is 18.0 Å². The molecule has 0 aliphatic heterocycles. The molecule has 2 rings (SSSR count). The Hall–Kier alpha value is -2.05. The Morgan fingerprint density at radius 3 is 2.87 bits per heavy atom. The van der Waals surface area contributed by atoms with E-state index in [4.69, 9.17) is 0 Å². The Kier molecular flexibility index (Phi) is 6.01. The summed E-state index contributed by atoms with van der Waals surface area (Å²) in [4.78, 5) is 18.1. The van der Waals surface area contributed by atoms with Crippen molar-refractivity contribution in [1.82, 2.24) is 15.2 Å². The third-order valence-corrected chi connectivity index (χ3v) is 4.16. The number of aromatic nitrogens is 1. The molecular weight excluding hydrogens is 313 g/mol. The number of hydrogen-bond donors (Lipinski definition) is 1. The molecule has 1 amide bonds. The maximum atomic E-state index is 13.4. The summed E-state index contributed by atoms with van der Waals surface area (Å²) < 4.78 is 13.4. The first kappa shape index (κ1) is 17.3. The van der Waals surface area contributed by atoms with Crippen molar-refractivity contribution in [1.29, 1.82) is 0 Å². The van der Waals surface area contributed by atoms with Crippen LogP contribution in [0, 0.1) is 12.7 Å². The maximum absolute atomic E-state index is 13.4. The Morgan fingerprint density at radius 1 is 1.48 bits per heavy atom. The molecule has 1 atom stereocenters. The number of nitrogens with zero attached hydrogens (tertiary/aromatic N) is 2. The van der Waals surface area contributed by atoms with Crippen molar-refractivity contribution in [2.45, 2.75) is 13.0 Å². The topological polar surface area (TPSA) is 45.2 Å². The summed E-state index contributed by atoms with van der Waals surface area (Å²) in [5, 5.41) is 5.70. The maximum Gasteiger partial charge on any atom is 0.244 e. The molecule has 1 aromatic carbocycles. The molecule has 0 aliphatic rings. The Morgan fingerprint density at radius 2 is 2.26 bits per heavy atom. The molecule has 0 fully saturated rings. The number of halogens is 1. The highest BCUT2D eigenvalue weighted by atomic mass is 32.1. The summed E-state index contributed by atoms with van der Waals surface area (Å²) in [5.74, 6) is -0.474. The number of aryl methyl sites for hydroxylation is 1. The molecule has 122 valence electrons. The average molecular weight is 333 g/mol. The monoisotopic (exact) mass is 333 g/mol. The largest absolute Gasteiger partial charge is 0.351 e. The van der Waals surface area contributed by atoms with E-state index in [9.17, 15) is 9.18 Å². The van der Waals surface area contributed by atoms with Gasteiger partial charge in [0.15, 0.2) is 0 Å². The number of carbonyl (C=O) groups is 1. The van der Waals surface area contributed by atoms with Gasteiger partial charge in [0.1, 0.15) is 5.82 Å². The lowest BCUT2D eigenvalue weighted by atomic mass is 10.1. The third kappa shape index (κ3) is 5.26. The highest BCUT2D eigenvalue weighted by Gasteiger charge is 2.15. The van der Waals surface area contributed by atoms with Gasteiger partial charge in [-0.15, -0.1) is 11.3 Å². The van der Waals surface area contributed by atoms with E-state index in [1.807, 2.05) is 37.4 Å². The van der Waals surface area contributed by atoms with E-state index in [2.05, 4.69) is 10.3 Å². The summed E-state index contributed by atoms with van der Waals surface area (Å²) in [6.07, 6.45) is 3.15. The molecule has 23 heavy (non-hydrogen) atoms.